The normalized spacial score (nSPS) is 10.7. The molecule has 0 saturated heterocycles. The lowest BCUT2D eigenvalue weighted by molar-refractivity contribution is 0.339. The molecule has 1 heterocycles. The van der Waals surface area contributed by atoms with Crippen LogP contribution in [0.5, 0.6) is 11.5 Å². The van der Waals surface area contributed by atoms with E-state index in [0.29, 0.717) is 17.1 Å². The van der Waals surface area contributed by atoms with Gasteiger partial charge in [-0.25, -0.2) is 4.39 Å². The summed E-state index contributed by atoms with van der Waals surface area (Å²) in [5.74, 6) is 0.0506. The van der Waals surface area contributed by atoms with Gasteiger partial charge in [0.25, 0.3) is 0 Å². The Morgan fingerprint density at radius 1 is 1.50 bits per heavy atom. The zero-order valence-corrected chi connectivity index (χ0v) is 8.40. The molecule has 14 heavy (non-hydrogen) atoms. The number of fused-ring (bicyclic) bond motifs is 1. The van der Waals surface area contributed by atoms with Gasteiger partial charge in [0.1, 0.15) is 17.3 Å². The van der Waals surface area contributed by atoms with E-state index in [1.54, 1.807) is 6.07 Å². The van der Waals surface area contributed by atoms with Gasteiger partial charge in [-0.1, -0.05) is 0 Å². The van der Waals surface area contributed by atoms with Gasteiger partial charge in [0, 0.05) is 16.1 Å². The van der Waals surface area contributed by atoms with Gasteiger partial charge in [-0.2, -0.15) is 0 Å². The Labute approximate surface area is 84.6 Å². The van der Waals surface area contributed by atoms with E-state index in [9.17, 15) is 9.50 Å². The van der Waals surface area contributed by atoms with Gasteiger partial charge in [-0.15, -0.1) is 11.3 Å². The van der Waals surface area contributed by atoms with Crippen LogP contribution in [0.3, 0.4) is 0 Å². The molecule has 4 heteroatoms. The largest absolute Gasteiger partial charge is 0.506 e. The summed E-state index contributed by atoms with van der Waals surface area (Å²) >= 11 is 1.30. The van der Waals surface area contributed by atoms with Gasteiger partial charge in [-0.05, 0) is 13.0 Å². The Bertz CT molecular complexity index is 464. The summed E-state index contributed by atoms with van der Waals surface area (Å²) in [6.07, 6.45) is 0. The molecule has 0 fully saturated rings. The van der Waals surface area contributed by atoms with Gasteiger partial charge in [0.15, 0.2) is 0 Å². The van der Waals surface area contributed by atoms with Gasteiger partial charge < -0.3 is 9.84 Å². The first kappa shape index (κ1) is 9.27. The Hall–Kier alpha value is -1.29. The van der Waals surface area contributed by atoms with Crippen molar-refractivity contribution >= 4 is 21.4 Å². The zero-order chi connectivity index (χ0) is 10.1. The minimum absolute atomic E-state index is 0.00875. The number of benzene rings is 1. The minimum atomic E-state index is -0.440. The predicted octanol–water partition coefficient (Wildman–Crippen LogP) is 3.14. The molecule has 0 aliphatic heterocycles. The molecule has 0 bridgehead atoms. The van der Waals surface area contributed by atoms with Crippen LogP contribution in [-0.4, -0.2) is 11.7 Å². The van der Waals surface area contributed by atoms with Crippen LogP contribution in [0.15, 0.2) is 17.5 Å². The van der Waals surface area contributed by atoms with Crippen molar-refractivity contribution in [1.29, 1.82) is 0 Å². The molecule has 2 rings (SSSR count). The van der Waals surface area contributed by atoms with Crippen molar-refractivity contribution < 1.29 is 14.2 Å². The first-order valence-electron chi connectivity index (χ1n) is 4.25. The fraction of sp³-hybridized carbons (Fsp3) is 0.200. The van der Waals surface area contributed by atoms with E-state index in [1.165, 1.54) is 22.8 Å². The number of ether oxygens (including phenoxy) is 1. The monoisotopic (exact) mass is 212 g/mol. The summed E-state index contributed by atoms with van der Waals surface area (Å²) in [5.41, 5.74) is 0. The third-order valence-electron chi connectivity index (χ3n) is 1.89. The number of hydrogen-bond donors (Lipinski definition) is 1. The Morgan fingerprint density at radius 3 is 3.00 bits per heavy atom. The molecule has 1 aromatic heterocycles. The molecule has 0 unspecified atom stereocenters. The molecule has 0 aliphatic carbocycles. The first-order chi connectivity index (χ1) is 6.72. The van der Waals surface area contributed by atoms with Crippen LogP contribution in [-0.2, 0) is 0 Å². The fourth-order valence-corrected chi connectivity index (χ4v) is 2.19. The van der Waals surface area contributed by atoms with Gasteiger partial charge in [0.2, 0.25) is 0 Å². The molecule has 1 aromatic carbocycles. The Morgan fingerprint density at radius 2 is 2.29 bits per heavy atom. The average Bonchev–Trinajstić information content (AvgIpc) is 2.48. The van der Waals surface area contributed by atoms with Crippen molar-refractivity contribution in [2.75, 3.05) is 6.61 Å². The lowest BCUT2D eigenvalue weighted by Gasteiger charge is -2.03. The van der Waals surface area contributed by atoms with Crippen molar-refractivity contribution in [3.05, 3.63) is 23.3 Å². The highest BCUT2D eigenvalue weighted by molar-refractivity contribution is 7.17. The van der Waals surface area contributed by atoms with Crippen LogP contribution in [0.1, 0.15) is 6.92 Å². The van der Waals surface area contributed by atoms with Crippen LogP contribution in [0.25, 0.3) is 10.1 Å². The zero-order valence-electron chi connectivity index (χ0n) is 7.58. The highest BCUT2D eigenvalue weighted by Crippen LogP contribution is 2.35. The van der Waals surface area contributed by atoms with Crippen LogP contribution < -0.4 is 4.74 Å². The Kier molecular flexibility index (Phi) is 2.29. The highest BCUT2D eigenvalue weighted by Gasteiger charge is 2.10. The summed E-state index contributed by atoms with van der Waals surface area (Å²) in [6, 6.07) is 3.02. The summed E-state index contributed by atoms with van der Waals surface area (Å²) in [4.78, 5) is 0. The van der Waals surface area contributed by atoms with Crippen molar-refractivity contribution in [2.45, 2.75) is 6.92 Å². The molecular formula is C10H9FO2S. The second-order valence-electron chi connectivity index (χ2n) is 2.83. The fourth-order valence-electron chi connectivity index (χ4n) is 1.33. The van der Waals surface area contributed by atoms with E-state index in [0.717, 1.165) is 0 Å². The van der Waals surface area contributed by atoms with Crippen LogP contribution in [0, 0.1) is 5.82 Å². The summed E-state index contributed by atoms with van der Waals surface area (Å²) in [7, 11) is 0. The summed E-state index contributed by atoms with van der Waals surface area (Å²) in [6.45, 7) is 2.34. The van der Waals surface area contributed by atoms with Crippen molar-refractivity contribution in [3.8, 4) is 11.5 Å². The number of rotatable bonds is 2. The molecule has 0 saturated carbocycles. The predicted molar refractivity (Wildman–Crippen MR) is 54.6 cm³/mol. The third kappa shape index (κ3) is 1.42. The second-order valence-corrected chi connectivity index (χ2v) is 3.74. The van der Waals surface area contributed by atoms with Gasteiger partial charge >= 0.3 is 0 Å². The van der Waals surface area contributed by atoms with Crippen LogP contribution in [0.2, 0.25) is 0 Å². The van der Waals surface area contributed by atoms with Crippen LogP contribution >= 0.6 is 11.3 Å². The first-order valence-corrected chi connectivity index (χ1v) is 5.13. The molecule has 0 radical (unpaired) electrons. The van der Waals surface area contributed by atoms with E-state index in [4.69, 9.17) is 4.74 Å². The lowest BCUT2D eigenvalue weighted by Crippen LogP contribution is -1.91. The molecular weight excluding hydrogens is 203 g/mol. The van der Waals surface area contributed by atoms with Gasteiger partial charge in [-0.3, -0.25) is 0 Å². The summed E-state index contributed by atoms with van der Waals surface area (Å²) < 4.78 is 19.3. The second kappa shape index (κ2) is 3.46. The molecule has 74 valence electrons. The van der Waals surface area contributed by atoms with E-state index in [-0.39, 0.29) is 11.1 Å². The smallest absolute Gasteiger partial charge is 0.139 e. The standard InChI is InChI=1S/C10H9FO2S/c1-2-13-6-3-7(11)10-8(12)5-14-9(10)4-6/h3-5,12H,2H2,1H3. The lowest BCUT2D eigenvalue weighted by atomic mass is 10.2. The maximum Gasteiger partial charge on any atom is 0.139 e. The number of aromatic hydroxyl groups is 1. The molecule has 2 aromatic rings. The Balaban J connectivity index is 2.62. The topological polar surface area (TPSA) is 29.5 Å². The van der Waals surface area contributed by atoms with Gasteiger partial charge in [0.05, 0.1) is 12.0 Å². The number of halogens is 1. The highest BCUT2D eigenvalue weighted by atomic mass is 32.1. The molecule has 0 amide bonds. The molecule has 1 N–H and O–H groups in total. The van der Waals surface area contributed by atoms with E-state index >= 15 is 0 Å². The molecule has 0 atom stereocenters. The summed E-state index contributed by atoms with van der Waals surface area (Å²) in [5, 5.41) is 11.1. The quantitative estimate of drug-likeness (QED) is 0.828. The third-order valence-corrected chi connectivity index (χ3v) is 2.81. The molecule has 0 aliphatic rings. The van der Waals surface area contributed by atoms with Crippen molar-refractivity contribution in [1.82, 2.24) is 0 Å². The average molecular weight is 212 g/mol. The minimum Gasteiger partial charge on any atom is -0.506 e. The van der Waals surface area contributed by atoms with E-state index in [1.807, 2.05) is 6.92 Å². The molecule has 2 nitrogen and oxygen atoms in total. The number of thiophene rings is 1. The maximum atomic E-state index is 13.4. The maximum absolute atomic E-state index is 13.4. The SMILES string of the molecule is CCOc1cc(F)c2c(O)csc2c1. The van der Waals surface area contributed by atoms with E-state index in [2.05, 4.69) is 0 Å². The molecule has 0 spiro atoms. The number of hydrogen-bond acceptors (Lipinski definition) is 3. The van der Waals surface area contributed by atoms with Crippen LogP contribution in [0.4, 0.5) is 4.39 Å². The van der Waals surface area contributed by atoms with Crippen molar-refractivity contribution in [2.24, 2.45) is 0 Å². The van der Waals surface area contributed by atoms with Crippen molar-refractivity contribution in [3.63, 3.8) is 0 Å². The van der Waals surface area contributed by atoms with E-state index < -0.39 is 5.82 Å².